The smallest absolute Gasteiger partial charge is 0.225 e. The molecule has 0 atom stereocenters. The van der Waals surface area contributed by atoms with Crippen LogP contribution in [0, 0.1) is 0 Å². The average molecular weight is 249 g/mol. The Morgan fingerprint density at radius 3 is 2.50 bits per heavy atom. The normalized spacial score (nSPS) is 10.9. The highest BCUT2D eigenvalue weighted by atomic mass is 35.5. The van der Waals surface area contributed by atoms with Crippen LogP contribution in [0.2, 0.25) is 10.4 Å². The fourth-order valence-electron chi connectivity index (χ4n) is 0.947. The minimum Gasteiger partial charge on any atom is -0.354 e. The molecule has 0 aliphatic carbocycles. The van der Waals surface area contributed by atoms with Gasteiger partial charge in [0.2, 0.25) is 5.28 Å². The van der Waals surface area contributed by atoms with Crippen molar-refractivity contribution in [2.24, 2.45) is 0 Å². The van der Waals surface area contributed by atoms with Gasteiger partial charge in [0, 0.05) is 14.1 Å². The Kier molecular flexibility index (Phi) is 2.47. The highest BCUT2D eigenvalue weighted by molar-refractivity contribution is 7.22. The van der Waals surface area contributed by atoms with Crippen molar-refractivity contribution in [2.75, 3.05) is 19.0 Å². The van der Waals surface area contributed by atoms with Crippen LogP contribution >= 0.6 is 34.5 Å². The number of halogens is 2. The van der Waals surface area contributed by atoms with Crippen molar-refractivity contribution in [1.82, 2.24) is 15.0 Å². The monoisotopic (exact) mass is 248 g/mol. The van der Waals surface area contributed by atoms with E-state index in [1.54, 1.807) is 0 Å². The second kappa shape index (κ2) is 3.49. The zero-order chi connectivity index (χ0) is 10.3. The molecule has 0 saturated heterocycles. The van der Waals surface area contributed by atoms with Gasteiger partial charge in [-0.25, -0.2) is 4.98 Å². The van der Waals surface area contributed by atoms with Crippen molar-refractivity contribution in [2.45, 2.75) is 0 Å². The van der Waals surface area contributed by atoms with Crippen LogP contribution in [0.3, 0.4) is 0 Å². The van der Waals surface area contributed by atoms with Gasteiger partial charge in [0.25, 0.3) is 0 Å². The number of rotatable bonds is 1. The van der Waals surface area contributed by atoms with E-state index >= 15 is 0 Å². The quantitative estimate of drug-likeness (QED) is 0.575. The van der Waals surface area contributed by atoms with Crippen LogP contribution in [0.25, 0.3) is 10.3 Å². The molecular weight excluding hydrogens is 243 g/mol. The summed E-state index contributed by atoms with van der Waals surface area (Å²) in [6, 6.07) is 0. The lowest BCUT2D eigenvalue weighted by Gasteiger charge is -2.04. The van der Waals surface area contributed by atoms with Gasteiger partial charge in [-0.3, -0.25) is 0 Å². The number of hydrogen-bond acceptors (Lipinski definition) is 5. The van der Waals surface area contributed by atoms with Crippen molar-refractivity contribution < 1.29 is 0 Å². The molecule has 0 aliphatic rings. The largest absolute Gasteiger partial charge is 0.354 e. The predicted molar refractivity (Wildman–Crippen MR) is 59.6 cm³/mol. The van der Waals surface area contributed by atoms with Crippen LogP contribution in [0.5, 0.6) is 0 Å². The lowest BCUT2D eigenvalue weighted by Crippen LogP contribution is -2.07. The van der Waals surface area contributed by atoms with Crippen LogP contribution in [-0.2, 0) is 0 Å². The molecule has 0 aromatic carbocycles. The molecule has 0 aliphatic heterocycles. The van der Waals surface area contributed by atoms with E-state index in [2.05, 4.69) is 15.0 Å². The maximum Gasteiger partial charge on any atom is 0.225 e. The van der Waals surface area contributed by atoms with Gasteiger partial charge in [-0.1, -0.05) is 22.9 Å². The van der Waals surface area contributed by atoms with Crippen molar-refractivity contribution in [1.29, 1.82) is 0 Å². The minimum absolute atomic E-state index is 0.123. The Labute approximate surface area is 94.5 Å². The summed E-state index contributed by atoms with van der Waals surface area (Å²) < 4.78 is 0.764. The number of aromatic nitrogens is 3. The summed E-state index contributed by atoms with van der Waals surface area (Å²) in [5, 5.41) is 1.31. The SMILES string of the molecule is CN(C)c1nc2nc(Cl)nc(Cl)c2s1. The Hall–Kier alpha value is -0.650. The van der Waals surface area contributed by atoms with E-state index in [0.717, 1.165) is 9.83 Å². The minimum atomic E-state index is 0.123. The van der Waals surface area contributed by atoms with Gasteiger partial charge < -0.3 is 4.90 Å². The highest BCUT2D eigenvalue weighted by Gasteiger charge is 2.11. The molecule has 4 nitrogen and oxygen atoms in total. The third-order valence-electron chi connectivity index (χ3n) is 1.56. The zero-order valence-corrected chi connectivity index (χ0v) is 9.78. The molecule has 74 valence electrons. The Morgan fingerprint density at radius 1 is 1.14 bits per heavy atom. The first-order valence-electron chi connectivity index (χ1n) is 3.75. The lowest BCUT2D eigenvalue weighted by atomic mass is 10.6. The number of hydrogen-bond donors (Lipinski definition) is 0. The van der Waals surface area contributed by atoms with Gasteiger partial charge in [-0.15, -0.1) is 0 Å². The Bertz CT molecular complexity index is 482. The van der Waals surface area contributed by atoms with Crippen LogP contribution in [0.1, 0.15) is 0 Å². The summed E-state index contributed by atoms with van der Waals surface area (Å²) in [6.07, 6.45) is 0. The third-order valence-corrected chi connectivity index (χ3v) is 3.33. The molecule has 7 heteroatoms. The fraction of sp³-hybridized carbons (Fsp3) is 0.286. The molecule has 0 radical (unpaired) electrons. The van der Waals surface area contributed by atoms with Crippen molar-refractivity contribution >= 4 is 50.0 Å². The first kappa shape index (κ1) is 9.89. The van der Waals surface area contributed by atoms with E-state index in [1.807, 2.05) is 19.0 Å². The topological polar surface area (TPSA) is 41.9 Å². The fourth-order valence-corrected chi connectivity index (χ4v) is 2.24. The predicted octanol–water partition coefficient (Wildman–Crippen LogP) is 2.46. The van der Waals surface area contributed by atoms with Gasteiger partial charge in [0.05, 0.1) is 0 Å². The average Bonchev–Trinajstić information content (AvgIpc) is 2.47. The second-order valence-electron chi connectivity index (χ2n) is 2.83. The van der Waals surface area contributed by atoms with Crippen molar-refractivity contribution in [3.05, 3.63) is 10.4 Å². The number of fused-ring (bicyclic) bond motifs is 1. The molecule has 0 N–H and O–H groups in total. The van der Waals surface area contributed by atoms with E-state index in [9.17, 15) is 0 Å². The molecule has 0 fully saturated rings. The third kappa shape index (κ3) is 1.63. The van der Waals surface area contributed by atoms with Crippen LogP contribution in [-0.4, -0.2) is 29.0 Å². The molecular formula is C7H6Cl2N4S. The number of anilines is 1. The number of thiazole rings is 1. The van der Waals surface area contributed by atoms with E-state index in [1.165, 1.54) is 11.3 Å². The van der Waals surface area contributed by atoms with E-state index in [-0.39, 0.29) is 5.28 Å². The summed E-state index contributed by atoms with van der Waals surface area (Å²) in [5.41, 5.74) is 0.545. The van der Waals surface area contributed by atoms with Gasteiger partial charge in [-0.2, -0.15) is 9.97 Å². The molecule has 0 amide bonds. The molecule has 2 aromatic rings. The Balaban J connectivity index is 2.70. The Morgan fingerprint density at radius 2 is 1.86 bits per heavy atom. The summed E-state index contributed by atoms with van der Waals surface area (Å²) in [7, 11) is 3.81. The summed E-state index contributed by atoms with van der Waals surface area (Å²) in [4.78, 5) is 14.0. The summed E-state index contributed by atoms with van der Waals surface area (Å²) >= 11 is 13.0. The van der Waals surface area contributed by atoms with Crippen LogP contribution in [0.4, 0.5) is 5.13 Å². The molecule has 0 unspecified atom stereocenters. The maximum atomic E-state index is 5.90. The van der Waals surface area contributed by atoms with E-state index in [4.69, 9.17) is 23.2 Å². The van der Waals surface area contributed by atoms with Gasteiger partial charge >= 0.3 is 0 Å². The standard InChI is InChI=1S/C7H6Cl2N4S/c1-13(2)7-12-5-3(14-7)4(8)10-6(9)11-5/h1-2H3. The van der Waals surface area contributed by atoms with Crippen molar-refractivity contribution in [3.8, 4) is 0 Å². The van der Waals surface area contributed by atoms with Crippen molar-refractivity contribution in [3.63, 3.8) is 0 Å². The lowest BCUT2D eigenvalue weighted by molar-refractivity contribution is 1.10. The highest BCUT2D eigenvalue weighted by Crippen LogP contribution is 2.31. The molecule has 2 aromatic heterocycles. The van der Waals surface area contributed by atoms with Gasteiger partial charge in [-0.05, 0) is 11.6 Å². The molecule has 14 heavy (non-hydrogen) atoms. The van der Waals surface area contributed by atoms with Crippen LogP contribution in [0.15, 0.2) is 0 Å². The first-order chi connectivity index (χ1) is 6.58. The summed E-state index contributed by atoms with van der Waals surface area (Å²) in [6.45, 7) is 0. The molecule has 0 saturated carbocycles. The van der Waals surface area contributed by atoms with Gasteiger partial charge in [0.1, 0.15) is 4.70 Å². The molecule has 2 heterocycles. The van der Waals surface area contributed by atoms with Gasteiger partial charge in [0.15, 0.2) is 15.9 Å². The number of nitrogens with zero attached hydrogens (tertiary/aromatic N) is 4. The molecule has 2 rings (SSSR count). The molecule has 0 spiro atoms. The summed E-state index contributed by atoms with van der Waals surface area (Å²) in [5.74, 6) is 0. The maximum absolute atomic E-state index is 5.90. The first-order valence-corrected chi connectivity index (χ1v) is 5.32. The van der Waals surface area contributed by atoms with E-state index in [0.29, 0.717) is 10.8 Å². The second-order valence-corrected chi connectivity index (χ2v) is 4.50. The zero-order valence-electron chi connectivity index (χ0n) is 7.45. The van der Waals surface area contributed by atoms with E-state index < -0.39 is 0 Å². The van der Waals surface area contributed by atoms with Crippen LogP contribution < -0.4 is 4.90 Å². The molecule has 0 bridgehead atoms.